The number of likely N-dealkylation sites (N-methyl/N-ethyl adjacent to an activating group) is 1. The molecule has 1 aromatic heterocycles. The van der Waals surface area contributed by atoms with Gasteiger partial charge < -0.3 is 5.73 Å². The van der Waals surface area contributed by atoms with Gasteiger partial charge in [-0.3, -0.25) is 4.90 Å². The van der Waals surface area contributed by atoms with Gasteiger partial charge in [-0.25, -0.2) is 0 Å². The molecule has 0 saturated carbocycles. The summed E-state index contributed by atoms with van der Waals surface area (Å²) < 4.78 is 1.19. The van der Waals surface area contributed by atoms with Crippen molar-refractivity contribution in [3.8, 4) is 0 Å². The van der Waals surface area contributed by atoms with Gasteiger partial charge >= 0.3 is 0 Å². The molecule has 0 fully saturated rings. The first-order chi connectivity index (χ1) is 9.69. The average Bonchev–Trinajstić information content (AvgIpc) is 2.86. The predicted molar refractivity (Wildman–Crippen MR) is 91.1 cm³/mol. The molecule has 0 aliphatic rings. The molecule has 0 aliphatic heterocycles. The van der Waals surface area contributed by atoms with Crippen LogP contribution in [0.1, 0.15) is 17.5 Å². The van der Waals surface area contributed by atoms with Crippen molar-refractivity contribution in [2.75, 3.05) is 13.6 Å². The van der Waals surface area contributed by atoms with Crippen LogP contribution >= 0.6 is 27.3 Å². The van der Waals surface area contributed by atoms with Gasteiger partial charge in [-0.15, -0.1) is 11.3 Å². The molecule has 2 nitrogen and oxygen atoms in total. The standard InChI is InChI=1S/C16H21BrN2S/c1-19(11-14-9-16(17)20-12-14)15(10-18)8-7-13-5-3-2-4-6-13/h2-6,9,12,15H,7-8,10-11,18H2,1H3. The van der Waals surface area contributed by atoms with Crippen LogP contribution in [0.3, 0.4) is 0 Å². The molecular formula is C16H21BrN2S. The second-order valence-corrected chi connectivity index (χ2v) is 7.38. The quantitative estimate of drug-likeness (QED) is 0.818. The van der Waals surface area contributed by atoms with E-state index >= 15 is 0 Å². The number of thiophene rings is 1. The molecule has 1 unspecified atom stereocenters. The molecule has 0 bridgehead atoms. The Morgan fingerprint density at radius 3 is 2.60 bits per heavy atom. The van der Waals surface area contributed by atoms with Crippen molar-refractivity contribution >= 4 is 27.3 Å². The minimum absolute atomic E-state index is 0.425. The van der Waals surface area contributed by atoms with Gasteiger partial charge in [-0.1, -0.05) is 30.3 Å². The normalized spacial score (nSPS) is 12.8. The van der Waals surface area contributed by atoms with Crippen LogP contribution in [-0.2, 0) is 13.0 Å². The first-order valence-electron chi connectivity index (χ1n) is 6.86. The van der Waals surface area contributed by atoms with Gasteiger partial charge in [0.15, 0.2) is 0 Å². The summed E-state index contributed by atoms with van der Waals surface area (Å²) >= 11 is 5.25. The maximum atomic E-state index is 5.95. The molecule has 2 rings (SSSR count). The first-order valence-corrected chi connectivity index (χ1v) is 8.53. The van der Waals surface area contributed by atoms with E-state index in [1.807, 2.05) is 0 Å². The van der Waals surface area contributed by atoms with E-state index in [4.69, 9.17) is 5.73 Å². The number of hydrogen-bond donors (Lipinski definition) is 1. The molecule has 0 radical (unpaired) electrons. The molecule has 0 aliphatic carbocycles. The summed E-state index contributed by atoms with van der Waals surface area (Å²) in [6.07, 6.45) is 2.18. The lowest BCUT2D eigenvalue weighted by molar-refractivity contribution is 0.227. The van der Waals surface area contributed by atoms with Crippen molar-refractivity contribution in [2.45, 2.75) is 25.4 Å². The van der Waals surface area contributed by atoms with Crippen LogP contribution < -0.4 is 5.73 Å². The maximum Gasteiger partial charge on any atom is 0.0701 e. The van der Waals surface area contributed by atoms with Gasteiger partial charge in [0.1, 0.15) is 0 Å². The summed E-state index contributed by atoms with van der Waals surface area (Å²) in [5.74, 6) is 0. The van der Waals surface area contributed by atoms with Crippen LogP contribution in [0.15, 0.2) is 45.6 Å². The van der Waals surface area contributed by atoms with Gasteiger partial charge in [0, 0.05) is 19.1 Å². The van der Waals surface area contributed by atoms with Crippen LogP contribution in [0.4, 0.5) is 0 Å². The molecule has 0 spiro atoms. The lowest BCUT2D eigenvalue weighted by atomic mass is 10.0. The van der Waals surface area contributed by atoms with Crippen molar-refractivity contribution < 1.29 is 0 Å². The molecule has 0 saturated heterocycles. The Morgan fingerprint density at radius 2 is 2.00 bits per heavy atom. The molecule has 2 N–H and O–H groups in total. The van der Waals surface area contributed by atoms with Crippen molar-refractivity contribution in [3.63, 3.8) is 0 Å². The summed E-state index contributed by atoms with van der Waals surface area (Å²) in [4.78, 5) is 2.36. The molecule has 1 atom stereocenters. The zero-order valence-electron chi connectivity index (χ0n) is 11.8. The highest BCUT2D eigenvalue weighted by Gasteiger charge is 2.14. The lowest BCUT2D eigenvalue weighted by Gasteiger charge is -2.26. The fraction of sp³-hybridized carbons (Fsp3) is 0.375. The Balaban J connectivity index is 1.87. The fourth-order valence-corrected chi connectivity index (χ4v) is 3.54. The van der Waals surface area contributed by atoms with Crippen LogP contribution in [0.2, 0.25) is 0 Å². The van der Waals surface area contributed by atoms with E-state index in [-0.39, 0.29) is 0 Å². The van der Waals surface area contributed by atoms with E-state index in [0.717, 1.165) is 19.4 Å². The summed E-state index contributed by atoms with van der Waals surface area (Å²) in [6, 6.07) is 13.2. The van der Waals surface area contributed by atoms with Crippen LogP contribution in [-0.4, -0.2) is 24.5 Å². The zero-order valence-corrected chi connectivity index (χ0v) is 14.2. The first kappa shape index (κ1) is 15.7. The molecule has 4 heteroatoms. The van der Waals surface area contributed by atoms with Crippen LogP contribution in [0.25, 0.3) is 0 Å². The Kier molecular flexibility index (Phi) is 6.23. The van der Waals surface area contributed by atoms with E-state index in [2.05, 4.69) is 69.7 Å². The summed E-state index contributed by atoms with van der Waals surface area (Å²) in [5, 5.41) is 2.20. The summed E-state index contributed by atoms with van der Waals surface area (Å²) in [6.45, 7) is 1.66. The third-order valence-electron chi connectivity index (χ3n) is 3.56. The van der Waals surface area contributed by atoms with E-state index in [0.29, 0.717) is 12.6 Å². The Hall–Kier alpha value is -0.680. The minimum atomic E-state index is 0.425. The predicted octanol–water partition coefficient (Wildman–Crippen LogP) is 3.90. The molecule has 20 heavy (non-hydrogen) atoms. The number of rotatable bonds is 7. The average molecular weight is 353 g/mol. The van der Waals surface area contributed by atoms with E-state index in [1.54, 1.807) is 11.3 Å². The van der Waals surface area contributed by atoms with Gasteiger partial charge in [-0.2, -0.15) is 0 Å². The number of aryl methyl sites for hydroxylation is 1. The molecule has 1 heterocycles. The Bertz CT molecular complexity index is 512. The molecule has 2 aromatic rings. The third kappa shape index (κ3) is 4.70. The molecule has 1 aromatic carbocycles. The smallest absolute Gasteiger partial charge is 0.0701 e. The molecule has 0 amide bonds. The highest BCUT2D eigenvalue weighted by atomic mass is 79.9. The van der Waals surface area contributed by atoms with Crippen molar-refractivity contribution in [2.24, 2.45) is 5.73 Å². The SMILES string of the molecule is CN(Cc1csc(Br)c1)C(CN)CCc1ccccc1. The zero-order chi connectivity index (χ0) is 14.4. The number of nitrogens with two attached hydrogens (primary N) is 1. The Morgan fingerprint density at radius 1 is 1.25 bits per heavy atom. The summed E-state index contributed by atoms with van der Waals surface area (Å²) in [7, 11) is 2.16. The van der Waals surface area contributed by atoms with Crippen LogP contribution in [0, 0.1) is 0 Å². The maximum absolute atomic E-state index is 5.95. The monoisotopic (exact) mass is 352 g/mol. The molecule has 108 valence electrons. The van der Waals surface area contributed by atoms with Gasteiger partial charge in [0.25, 0.3) is 0 Å². The topological polar surface area (TPSA) is 29.3 Å². The number of benzene rings is 1. The van der Waals surface area contributed by atoms with E-state index < -0.39 is 0 Å². The third-order valence-corrected chi connectivity index (χ3v) is 5.11. The lowest BCUT2D eigenvalue weighted by Crippen LogP contribution is -2.37. The molecular weight excluding hydrogens is 332 g/mol. The number of hydrogen-bond acceptors (Lipinski definition) is 3. The fourth-order valence-electron chi connectivity index (χ4n) is 2.34. The van der Waals surface area contributed by atoms with Crippen molar-refractivity contribution in [3.05, 3.63) is 56.7 Å². The second kappa shape index (κ2) is 7.93. The van der Waals surface area contributed by atoms with Gasteiger partial charge in [0.2, 0.25) is 0 Å². The largest absolute Gasteiger partial charge is 0.329 e. The number of halogens is 1. The number of nitrogens with zero attached hydrogens (tertiary/aromatic N) is 1. The van der Waals surface area contributed by atoms with Crippen molar-refractivity contribution in [1.29, 1.82) is 0 Å². The second-order valence-electron chi connectivity index (χ2n) is 5.09. The minimum Gasteiger partial charge on any atom is -0.329 e. The van der Waals surface area contributed by atoms with Gasteiger partial charge in [-0.05, 0) is 58.4 Å². The highest BCUT2D eigenvalue weighted by Crippen LogP contribution is 2.22. The van der Waals surface area contributed by atoms with E-state index in [9.17, 15) is 0 Å². The summed E-state index contributed by atoms with van der Waals surface area (Å²) in [5.41, 5.74) is 8.68. The van der Waals surface area contributed by atoms with E-state index in [1.165, 1.54) is 14.9 Å². The highest BCUT2D eigenvalue weighted by molar-refractivity contribution is 9.11. The van der Waals surface area contributed by atoms with Gasteiger partial charge in [0.05, 0.1) is 3.79 Å². The van der Waals surface area contributed by atoms with Crippen molar-refractivity contribution in [1.82, 2.24) is 4.90 Å². The van der Waals surface area contributed by atoms with Crippen LogP contribution in [0.5, 0.6) is 0 Å². The Labute approximate surface area is 133 Å².